The van der Waals surface area contributed by atoms with Gasteiger partial charge in [-0.1, -0.05) is 19.9 Å². The highest BCUT2D eigenvalue weighted by Gasteiger charge is 2.27. The van der Waals surface area contributed by atoms with Crippen molar-refractivity contribution in [3.63, 3.8) is 0 Å². The second-order valence-electron chi connectivity index (χ2n) is 7.89. The highest BCUT2D eigenvalue weighted by Crippen LogP contribution is 2.29. The monoisotopic (exact) mass is 462 g/mol. The number of sulfonamides is 1. The lowest BCUT2D eigenvalue weighted by Gasteiger charge is -2.26. The highest BCUT2D eigenvalue weighted by molar-refractivity contribution is 7.89. The molecule has 1 aliphatic rings. The minimum absolute atomic E-state index is 0.0799. The van der Waals surface area contributed by atoms with Crippen molar-refractivity contribution in [2.24, 2.45) is 0 Å². The average Bonchev–Trinajstić information content (AvgIpc) is 2.78. The van der Waals surface area contributed by atoms with Crippen LogP contribution in [0, 0.1) is 6.92 Å². The molecule has 1 fully saturated rings. The van der Waals surface area contributed by atoms with E-state index in [0.29, 0.717) is 43.7 Å². The zero-order chi connectivity index (χ0) is 23.3. The van der Waals surface area contributed by atoms with Crippen molar-refractivity contribution >= 4 is 21.6 Å². The summed E-state index contributed by atoms with van der Waals surface area (Å²) in [5.74, 6) is 0.935. The van der Waals surface area contributed by atoms with Crippen molar-refractivity contribution in [1.82, 2.24) is 4.31 Å². The van der Waals surface area contributed by atoms with Crippen LogP contribution in [0.25, 0.3) is 0 Å². The number of carbonyl (C=O) groups excluding carboxylic acids is 1. The minimum Gasteiger partial charge on any atom is -0.495 e. The van der Waals surface area contributed by atoms with E-state index in [2.05, 4.69) is 19.2 Å². The van der Waals surface area contributed by atoms with Crippen LogP contribution in [-0.2, 0) is 19.6 Å². The summed E-state index contributed by atoms with van der Waals surface area (Å²) in [6.07, 6.45) is 0. The van der Waals surface area contributed by atoms with Crippen LogP contribution in [0.1, 0.15) is 30.9 Å². The van der Waals surface area contributed by atoms with E-state index in [0.717, 1.165) is 5.56 Å². The van der Waals surface area contributed by atoms with Gasteiger partial charge in [-0.2, -0.15) is 4.31 Å². The van der Waals surface area contributed by atoms with Crippen molar-refractivity contribution in [2.75, 3.05) is 45.3 Å². The molecule has 0 atom stereocenters. The van der Waals surface area contributed by atoms with Gasteiger partial charge in [-0.3, -0.25) is 4.79 Å². The molecule has 1 amide bonds. The van der Waals surface area contributed by atoms with Crippen LogP contribution in [0.3, 0.4) is 0 Å². The third-order valence-electron chi connectivity index (χ3n) is 5.29. The number of aryl methyl sites for hydroxylation is 1. The largest absolute Gasteiger partial charge is 0.495 e. The Kier molecular flexibility index (Phi) is 7.76. The molecule has 0 bridgehead atoms. The molecule has 1 N–H and O–H groups in total. The Morgan fingerprint density at radius 1 is 1.16 bits per heavy atom. The minimum atomic E-state index is -3.70. The van der Waals surface area contributed by atoms with Crippen molar-refractivity contribution in [3.05, 3.63) is 47.5 Å². The standard InChI is InChI=1S/C23H30N2O6S/c1-16(2)20-7-5-18(13-17(20)3)31-15-23(26)24-21-14-19(6-8-22(21)29-4)32(27,28)25-9-11-30-12-10-25/h5-8,13-14,16H,9-12,15H2,1-4H3,(H,24,26). The fourth-order valence-corrected chi connectivity index (χ4v) is 5.04. The van der Waals surface area contributed by atoms with Crippen LogP contribution in [-0.4, -0.2) is 58.7 Å². The van der Waals surface area contributed by atoms with E-state index in [1.54, 1.807) is 0 Å². The number of nitrogens with zero attached hydrogens (tertiary/aromatic N) is 1. The number of amides is 1. The van der Waals surface area contributed by atoms with Gasteiger partial charge in [-0.05, 0) is 54.3 Å². The van der Waals surface area contributed by atoms with E-state index in [1.807, 2.05) is 25.1 Å². The van der Waals surface area contributed by atoms with Crippen LogP contribution in [0.5, 0.6) is 11.5 Å². The number of anilines is 1. The Hall–Kier alpha value is -2.62. The average molecular weight is 463 g/mol. The zero-order valence-corrected chi connectivity index (χ0v) is 19.7. The topological polar surface area (TPSA) is 94.2 Å². The molecule has 0 radical (unpaired) electrons. The number of morpholine rings is 1. The first-order chi connectivity index (χ1) is 15.2. The number of nitrogens with one attached hydrogen (secondary N) is 1. The van der Waals surface area contributed by atoms with Crippen LogP contribution in [0.15, 0.2) is 41.3 Å². The number of ether oxygens (including phenoxy) is 3. The summed E-state index contributed by atoms with van der Waals surface area (Å²) >= 11 is 0. The molecule has 0 aromatic heterocycles. The number of hydrogen-bond acceptors (Lipinski definition) is 6. The molecule has 1 aliphatic heterocycles. The first kappa shape index (κ1) is 24.0. The second-order valence-corrected chi connectivity index (χ2v) is 9.83. The van der Waals surface area contributed by atoms with E-state index in [-0.39, 0.29) is 17.2 Å². The molecule has 0 spiro atoms. The summed E-state index contributed by atoms with van der Waals surface area (Å²) in [4.78, 5) is 12.6. The van der Waals surface area contributed by atoms with Gasteiger partial charge < -0.3 is 19.5 Å². The molecule has 9 heteroatoms. The van der Waals surface area contributed by atoms with Crippen molar-refractivity contribution in [1.29, 1.82) is 0 Å². The number of benzene rings is 2. The maximum absolute atomic E-state index is 12.9. The summed E-state index contributed by atoms with van der Waals surface area (Å²) < 4.78 is 43.4. The molecule has 2 aromatic rings. The van der Waals surface area contributed by atoms with Gasteiger partial charge in [0.15, 0.2) is 6.61 Å². The quantitative estimate of drug-likeness (QED) is 0.648. The lowest BCUT2D eigenvalue weighted by atomic mass is 9.98. The van der Waals surface area contributed by atoms with Gasteiger partial charge in [-0.15, -0.1) is 0 Å². The summed E-state index contributed by atoms with van der Waals surface area (Å²) in [5.41, 5.74) is 2.59. The number of methoxy groups -OCH3 is 1. The summed E-state index contributed by atoms with van der Waals surface area (Å²) in [5, 5.41) is 2.69. The van der Waals surface area contributed by atoms with Gasteiger partial charge >= 0.3 is 0 Å². The summed E-state index contributed by atoms with van der Waals surface area (Å²) in [7, 11) is -2.25. The third-order valence-corrected chi connectivity index (χ3v) is 7.18. The molecule has 174 valence electrons. The molecule has 1 saturated heterocycles. The molecular formula is C23H30N2O6S. The van der Waals surface area contributed by atoms with Crippen LogP contribution < -0.4 is 14.8 Å². The zero-order valence-electron chi connectivity index (χ0n) is 18.9. The fraction of sp³-hybridized carbons (Fsp3) is 0.435. The van der Waals surface area contributed by atoms with E-state index >= 15 is 0 Å². The molecule has 2 aromatic carbocycles. The Morgan fingerprint density at radius 3 is 2.50 bits per heavy atom. The number of carbonyl (C=O) groups is 1. The first-order valence-electron chi connectivity index (χ1n) is 10.5. The van der Waals surface area contributed by atoms with Gasteiger partial charge in [0.1, 0.15) is 11.5 Å². The van der Waals surface area contributed by atoms with Crippen LogP contribution >= 0.6 is 0 Å². The molecule has 0 unspecified atom stereocenters. The van der Waals surface area contributed by atoms with Gasteiger partial charge in [0.25, 0.3) is 5.91 Å². The predicted octanol–water partition coefficient (Wildman–Crippen LogP) is 3.17. The van der Waals surface area contributed by atoms with Crippen LogP contribution in [0.4, 0.5) is 5.69 Å². The van der Waals surface area contributed by atoms with E-state index in [4.69, 9.17) is 14.2 Å². The molecule has 3 rings (SSSR count). The Balaban J connectivity index is 1.71. The summed E-state index contributed by atoms with van der Waals surface area (Å²) in [6.45, 7) is 7.32. The molecule has 0 saturated carbocycles. The maximum atomic E-state index is 12.9. The number of rotatable bonds is 8. The van der Waals surface area contributed by atoms with Gasteiger partial charge in [0.05, 0.1) is 30.9 Å². The molecule has 32 heavy (non-hydrogen) atoms. The normalized spacial score (nSPS) is 14.9. The lowest BCUT2D eigenvalue weighted by Crippen LogP contribution is -2.40. The summed E-state index contributed by atoms with van der Waals surface area (Å²) in [6, 6.07) is 10.1. The first-order valence-corrected chi connectivity index (χ1v) is 12.0. The molecule has 0 aliphatic carbocycles. The lowest BCUT2D eigenvalue weighted by molar-refractivity contribution is -0.118. The Bertz CT molecular complexity index is 1060. The van der Waals surface area contributed by atoms with Gasteiger partial charge in [0.2, 0.25) is 10.0 Å². The molecular weight excluding hydrogens is 432 g/mol. The maximum Gasteiger partial charge on any atom is 0.262 e. The Labute approximate surface area is 189 Å². The highest BCUT2D eigenvalue weighted by atomic mass is 32.2. The van der Waals surface area contributed by atoms with Crippen LogP contribution in [0.2, 0.25) is 0 Å². The fourth-order valence-electron chi connectivity index (χ4n) is 3.60. The van der Waals surface area contributed by atoms with Crippen molar-refractivity contribution in [3.8, 4) is 11.5 Å². The van der Waals surface area contributed by atoms with E-state index in [9.17, 15) is 13.2 Å². The SMILES string of the molecule is COc1ccc(S(=O)(=O)N2CCOCC2)cc1NC(=O)COc1ccc(C(C)C)c(C)c1. The second kappa shape index (κ2) is 10.3. The van der Waals surface area contributed by atoms with Crippen molar-refractivity contribution < 1.29 is 27.4 Å². The van der Waals surface area contributed by atoms with E-state index in [1.165, 1.54) is 35.2 Å². The third kappa shape index (κ3) is 5.59. The Morgan fingerprint density at radius 2 is 1.88 bits per heavy atom. The molecule has 8 nitrogen and oxygen atoms in total. The van der Waals surface area contributed by atoms with Gasteiger partial charge in [0, 0.05) is 13.1 Å². The predicted molar refractivity (Wildman–Crippen MR) is 122 cm³/mol. The van der Waals surface area contributed by atoms with E-state index < -0.39 is 15.9 Å². The molecule has 1 heterocycles. The van der Waals surface area contributed by atoms with Gasteiger partial charge in [-0.25, -0.2) is 8.42 Å². The smallest absolute Gasteiger partial charge is 0.262 e. The number of hydrogen-bond donors (Lipinski definition) is 1. The van der Waals surface area contributed by atoms with Crippen molar-refractivity contribution in [2.45, 2.75) is 31.6 Å².